The zero-order chi connectivity index (χ0) is 20.7. The van der Waals surface area contributed by atoms with Gasteiger partial charge in [0.05, 0.1) is 11.8 Å². The third kappa shape index (κ3) is 3.36. The van der Waals surface area contributed by atoms with E-state index in [0.29, 0.717) is 18.0 Å². The van der Waals surface area contributed by atoms with E-state index in [1.807, 2.05) is 30.5 Å². The standard InChI is InChI=1S/C23H24N4O3/c1-26-19-11-16(4-5-21(19)30-14-22(26)29)20(28)13-27-9-6-15(7-10-27)18-12-25-23-17(18)3-2-8-24-23/h2-6,8,11-12,20,28H,7,9-10,13-14H2,1H3,(H,24,25). The Balaban J connectivity index is 1.28. The van der Waals surface area contributed by atoms with Crippen molar-refractivity contribution >= 4 is 28.2 Å². The fraction of sp³-hybridized carbons (Fsp3) is 0.304. The average Bonchev–Trinajstić information content (AvgIpc) is 3.21. The van der Waals surface area contributed by atoms with E-state index in [-0.39, 0.29) is 12.5 Å². The molecule has 2 aliphatic heterocycles. The highest BCUT2D eigenvalue weighted by Crippen LogP contribution is 2.34. The van der Waals surface area contributed by atoms with Crippen molar-refractivity contribution in [2.24, 2.45) is 0 Å². The van der Waals surface area contributed by atoms with Crippen LogP contribution in [0.5, 0.6) is 5.75 Å². The lowest BCUT2D eigenvalue weighted by Gasteiger charge is -2.30. The van der Waals surface area contributed by atoms with Gasteiger partial charge in [0.25, 0.3) is 5.91 Å². The smallest absolute Gasteiger partial charge is 0.264 e. The first-order valence-corrected chi connectivity index (χ1v) is 10.2. The van der Waals surface area contributed by atoms with Crippen molar-refractivity contribution < 1.29 is 14.6 Å². The van der Waals surface area contributed by atoms with Crippen molar-refractivity contribution in [2.75, 3.05) is 38.2 Å². The molecule has 5 rings (SSSR count). The van der Waals surface area contributed by atoms with Crippen molar-refractivity contribution in [2.45, 2.75) is 12.5 Å². The number of aromatic nitrogens is 2. The van der Waals surface area contributed by atoms with Crippen molar-refractivity contribution in [3.63, 3.8) is 0 Å². The second-order valence-electron chi connectivity index (χ2n) is 7.83. The number of fused-ring (bicyclic) bond motifs is 2. The first kappa shape index (κ1) is 18.8. The molecule has 1 amide bonds. The van der Waals surface area contributed by atoms with Crippen molar-refractivity contribution in [3.8, 4) is 5.75 Å². The molecule has 2 aromatic heterocycles. The SMILES string of the molecule is CN1C(=O)COc2ccc(C(O)CN3CC=C(c4c[nH]c5ncccc45)CC3)cc21. The Morgan fingerprint density at radius 3 is 3.07 bits per heavy atom. The molecule has 7 nitrogen and oxygen atoms in total. The number of hydrogen-bond donors (Lipinski definition) is 2. The highest BCUT2D eigenvalue weighted by molar-refractivity contribution is 5.97. The average molecular weight is 404 g/mol. The van der Waals surface area contributed by atoms with Gasteiger partial charge in [-0.05, 0) is 41.8 Å². The number of aromatic amines is 1. The fourth-order valence-corrected chi connectivity index (χ4v) is 4.19. The van der Waals surface area contributed by atoms with Crippen LogP contribution in [0.1, 0.15) is 23.7 Å². The highest BCUT2D eigenvalue weighted by atomic mass is 16.5. The molecule has 154 valence electrons. The number of anilines is 1. The number of pyridine rings is 1. The molecule has 0 aliphatic carbocycles. The number of carbonyl (C=O) groups is 1. The zero-order valence-corrected chi connectivity index (χ0v) is 16.8. The van der Waals surface area contributed by atoms with Gasteiger partial charge in [0.2, 0.25) is 0 Å². The van der Waals surface area contributed by atoms with Crippen LogP contribution in [0.3, 0.4) is 0 Å². The van der Waals surface area contributed by atoms with E-state index in [4.69, 9.17) is 4.74 Å². The summed E-state index contributed by atoms with van der Waals surface area (Å²) in [5.74, 6) is 0.585. The van der Waals surface area contributed by atoms with E-state index >= 15 is 0 Å². The van der Waals surface area contributed by atoms with Gasteiger partial charge >= 0.3 is 0 Å². The Bertz CT molecular complexity index is 1140. The van der Waals surface area contributed by atoms with Crippen molar-refractivity contribution in [1.82, 2.24) is 14.9 Å². The summed E-state index contributed by atoms with van der Waals surface area (Å²) >= 11 is 0. The van der Waals surface area contributed by atoms with Crippen molar-refractivity contribution in [3.05, 3.63) is 59.9 Å². The fourth-order valence-electron chi connectivity index (χ4n) is 4.19. The maximum absolute atomic E-state index is 11.9. The van der Waals surface area contributed by atoms with Gasteiger partial charge in [-0.15, -0.1) is 0 Å². The van der Waals surface area contributed by atoms with E-state index in [1.54, 1.807) is 18.1 Å². The minimum atomic E-state index is -0.632. The van der Waals surface area contributed by atoms with Crippen molar-refractivity contribution in [1.29, 1.82) is 0 Å². The Hall–Kier alpha value is -3.16. The molecule has 0 fully saturated rings. The molecule has 0 saturated heterocycles. The summed E-state index contributed by atoms with van der Waals surface area (Å²) in [6, 6.07) is 9.60. The molecule has 2 aliphatic rings. The van der Waals surface area contributed by atoms with E-state index in [2.05, 4.69) is 27.0 Å². The maximum atomic E-state index is 11.9. The molecule has 0 saturated carbocycles. The molecule has 1 unspecified atom stereocenters. The van der Waals surface area contributed by atoms with Crippen LogP contribution in [0.25, 0.3) is 16.6 Å². The predicted molar refractivity (Wildman–Crippen MR) is 115 cm³/mol. The van der Waals surface area contributed by atoms with E-state index in [9.17, 15) is 9.90 Å². The predicted octanol–water partition coefficient (Wildman–Crippen LogP) is 2.74. The Labute approximate surface area is 174 Å². The number of β-amino-alcohol motifs (C(OH)–C–C–N with tert-alkyl or cyclic N) is 1. The molecule has 1 aromatic carbocycles. The van der Waals surface area contributed by atoms with Crippen LogP contribution in [0.2, 0.25) is 0 Å². The first-order valence-electron chi connectivity index (χ1n) is 10.2. The monoisotopic (exact) mass is 404 g/mol. The summed E-state index contributed by atoms with van der Waals surface area (Å²) in [4.78, 5) is 23.3. The number of benzene rings is 1. The highest BCUT2D eigenvalue weighted by Gasteiger charge is 2.24. The van der Waals surface area contributed by atoms with Crippen LogP contribution in [0.15, 0.2) is 48.8 Å². The molecular formula is C23H24N4O3. The third-order valence-corrected chi connectivity index (χ3v) is 5.98. The molecule has 1 atom stereocenters. The number of aliphatic hydroxyl groups is 1. The summed E-state index contributed by atoms with van der Waals surface area (Å²) < 4.78 is 5.47. The lowest BCUT2D eigenvalue weighted by atomic mass is 9.99. The third-order valence-electron chi connectivity index (χ3n) is 5.98. The Morgan fingerprint density at radius 1 is 1.33 bits per heavy atom. The summed E-state index contributed by atoms with van der Waals surface area (Å²) in [6.45, 7) is 2.25. The van der Waals surface area contributed by atoms with Crippen LogP contribution in [0, 0.1) is 0 Å². The van der Waals surface area contributed by atoms with E-state index in [0.717, 1.165) is 36.1 Å². The Kier molecular flexibility index (Phi) is 4.77. The molecule has 30 heavy (non-hydrogen) atoms. The maximum Gasteiger partial charge on any atom is 0.264 e. The number of aliphatic hydroxyl groups excluding tert-OH is 1. The summed E-state index contributed by atoms with van der Waals surface area (Å²) in [6.07, 6.45) is 6.35. The van der Waals surface area contributed by atoms with Crippen LogP contribution >= 0.6 is 0 Å². The number of carbonyl (C=O) groups excluding carboxylic acids is 1. The van der Waals surface area contributed by atoms with Crippen LogP contribution in [-0.2, 0) is 4.79 Å². The van der Waals surface area contributed by atoms with Gasteiger partial charge in [-0.2, -0.15) is 0 Å². The second-order valence-corrected chi connectivity index (χ2v) is 7.83. The molecular weight excluding hydrogens is 380 g/mol. The Morgan fingerprint density at radius 2 is 2.23 bits per heavy atom. The van der Waals surface area contributed by atoms with Gasteiger partial charge in [-0.1, -0.05) is 12.1 Å². The summed E-state index contributed by atoms with van der Waals surface area (Å²) in [5.41, 5.74) is 4.92. The topological polar surface area (TPSA) is 81.7 Å². The molecule has 4 heterocycles. The molecule has 2 N–H and O–H groups in total. The number of amides is 1. The zero-order valence-electron chi connectivity index (χ0n) is 16.8. The lowest BCUT2D eigenvalue weighted by Crippen LogP contribution is -2.36. The lowest BCUT2D eigenvalue weighted by molar-refractivity contribution is -0.120. The van der Waals surface area contributed by atoms with Crippen LogP contribution in [0.4, 0.5) is 5.69 Å². The number of nitrogens with zero attached hydrogens (tertiary/aromatic N) is 3. The molecule has 3 aromatic rings. The van der Waals surface area contributed by atoms with Gasteiger partial charge < -0.3 is 19.7 Å². The molecule has 7 heteroatoms. The van der Waals surface area contributed by atoms with Gasteiger partial charge in [-0.25, -0.2) is 4.98 Å². The minimum Gasteiger partial charge on any atom is -0.482 e. The number of ether oxygens (including phenoxy) is 1. The number of rotatable bonds is 4. The molecule has 0 bridgehead atoms. The number of likely N-dealkylation sites (N-methyl/N-ethyl adjacent to an activating group) is 1. The van der Waals surface area contributed by atoms with Gasteiger partial charge in [-0.3, -0.25) is 9.69 Å². The van der Waals surface area contributed by atoms with Crippen LogP contribution < -0.4 is 9.64 Å². The quantitative estimate of drug-likeness (QED) is 0.699. The number of nitrogens with one attached hydrogen (secondary N) is 1. The van der Waals surface area contributed by atoms with E-state index < -0.39 is 6.10 Å². The minimum absolute atomic E-state index is 0.0559. The molecule has 0 radical (unpaired) electrons. The van der Waals surface area contributed by atoms with Gasteiger partial charge in [0.15, 0.2) is 6.61 Å². The normalized spacial score (nSPS) is 18.1. The number of H-pyrrole nitrogens is 1. The van der Waals surface area contributed by atoms with Crippen LogP contribution in [-0.4, -0.2) is 59.2 Å². The first-order chi connectivity index (χ1) is 14.6. The number of hydrogen-bond acceptors (Lipinski definition) is 5. The van der Waals surface area contributed by atoms with Gasteiger partial charge in [0.1, 0.15) is 11.4 Å². The summed E-state index contributed by atoms with van der Waals surface area (Å²) in [7, 11) is 1.73. The summed E-state index contributed by atoms with van der Waals surface area (Å²) in [5, 5.41) is 11.9. The van der Waals surface area contributed by atoms with E-state index in [1.165, 1.54) is 11.1 Å². The molecule has 0 spiro atoms. The largest absolute Gasteiger partial charge is 0.482 e. The second kappa shape index (κ2) is 7.59. The van der Waals surface area contributed by atoms with Gasteiger partial charge in [0, 0.05) is 50.0 Å².